The van der Waals surface area contributed by atoms with Crippen LogP contribution in [0.15, 0.2) is 12.2 Å². The van der Waals surface area contributed by atoms with Crippen LogP contribution in [0.2, 0.25) is 0 Å². The monoisotopic (exact) mass is 539 g/mol. The van der Waals surface area contributed by atoms with Crippen molar-refractivity contribution >= 4 is 5.91 Å². The maximum Gasteiger partial charge on any atom is 0.220 e. The molecule has 0 aliphatic rings. The third-order valence-electron chi connectivity index (χ3n) is 7.62. The van der Waals surface area contributed by atoms with Gasteiger partial charge in [0.25, 0.3) is 0 Å². The van der Waals surface area contributed by atoms with Crippen LogP contribution >= 0.6 is 0 Å². The number of unbranched alkanes of at least 4 members (excludes halogenated alkanes) is 19. The summed E-state index contributed by atoms with van der Waals surface area (Å²) in [5.41, 5.74) is 0. The van der Waals surface area contributed by atoms with E-state index in [4.69, 9.17) is 0 Å². The number of carbonyl (C=O) groups is 1. The van der Waals surface area contributed by atoms with E-state index in [1.165, 1.54) is 103 Å². The van der Waals surface area contributed by atoms with Gasteiger partial charge in [-0.25, -0.2) is 0 Å². The van der Waals surface area contributed by atoms with Crippen LogP contribution < -0.4 is 5.32 Å². The number of carbonyl (C=O) groups excluding carboxylic acids is 1. The van der Waals surface area contributed by atoms with Crippen molar-refractivity contribution < 1.29 is 20.1 Å². The smallest absolute Gasteiger partial charge is 0.220 e. The summed E-state index contributed by atoms with van der Waals surface area (Å²) in [6.07, 6.45) is 30.2. The molecule has 3 unspecified atom stereocenters. The summed E-state index contributed by atoms with van der Waals surface area (Å²) in [4.78, 5) is 12.2. The van der Waals surface area contributed by atoms with Gasteiger partial charge in [-0.05, 0) is 38.5 Å². The maximum atomic E-state index is 12.2. The Bertz CT molecular complexity index is 525. The minimum atomic E-state index is -1.15. The Labute approximate surface area is 236 Å². The first-order valence-corrected chi connectivity index (χ1v) is 16.5. The molecule has 0 radical (unpaired) electrons. The molecule has 38 heavy (non-hydrogen) atoms. The third-order valence-corrected chi connectivity index (χ3v) is 7.62. The summed E-state index contributed by atoms with van der Waals surface area (Å²) >= 11 is 0. The lowest BCUT2D eigenvalue weighted by atomic mass is 10.0. The first-order chi connectivity index (χ1) is 18.6. The molecule has 3 atom stereocenters. The van der Waals surface area contributed by atoms with Gasteiger partial charge in [0.15, 0.2) is 0 Å². The van der Waals surface area contributed by atoms with Crippen LogP contribution in [0.5, 0.6) is 0 Å². The second-order valence-electron chi connectivity index (χ2n) is 11.4. The Morgan fingerprint density at radius 2 is 1.05 bits per heavy atom. The first-order valence-electron chi connectivity index (χ1n) is 16.5. The van der Waals surface area contributed by atoms with Gasteiger partial charge in [-0.3, -0.25) is 4.79 Å². The van der Waals surface area contributed by atoms with Crippen molar-refractivity contribution in [3.8, 4) is 0 Å². The highest BCUT2D eigenvalue weighted by atomic mass is 16.3. The van der Waals surface area contributed by atoms with Gasteiger partial charge in [0.05, 0.1) is 18.8 Å². The van der Waals surface area contributed by atoms with E-state index in [2.05, 4.69) is 31.3 Å². The Morgan fingerprint density at radius 3 is 1.53 bits per heavy atom. The Kier molecular flexibility index (Phi) is 28.4. The molecule has 0 aliphatic heterocycles. The normalized spacial score (nSPS) is 14.1. The summed E-state index contributed by atoms with van der Waals surface area (Å²) in [6, 6.07) is -0.817. The largest absolute Gasteiger partial charge is 0.394 e. The van der Waals surface area contributed by atoms with E-state index < -0.39 is 18.2 Å². The summed E-state index contributed by atoms with van der Waals surface area (Å²) in [5.74, 6) is -0.159. The Balaban J connectivity index is 3.76. The molecule has 0 aliphatic carbocycles. The van der Waals surface area contributed by atoms with Crippen LogP contribution in [0.4, 0.5) is 0 Å². The summed E-state index contributed by atoms with van der Waals surface area (Å²) in [6.45, 7) is 4.12. The van der Waals surface area contributed by atoms with Crippen molar-refractivity contribution in [1.29, 1.82) is 0 Å². The number of hydrogen-bond acceptors (Lipinski definition) is 4. The third kappa shape index (κ3) is 24.2. The number of allylic oxidation sites excluding steroid dienone is 2. The number of aliphatic hydroxyl groups excluding tert-OH is 3. The van der Waals surface area contributed by atoms with Gasteiger partial charge < -0.3 is 20.6 Å². The lowest BCUT2D eigenvalue weighted by Gasteiger charge is -2.26. The van der Waals surface area contributed by atoms with E-state index in [-0.39, 0.29) is 12.5 Å². The van der Waals surface area contributed by atoms with Crippen molar-refractivity contribution in [1.82, 2.24) is 5.32 Å². The zero-order valence-corrected chi connectivity index (χ0v) is 25.3. The van der Waals surface area contributed by atoms with Gasteiger partial charge in [-0.1, -0.05) is 135 Å². The molecule has 0 spiro atoms. The van der Waals surface area contributed by atoms with Crippen LogP contribution in [0.1, 0.15) is 168 Å². The average Bonchev–Trinajstić information content (AvgIpc) is 2.92. The predicted octanol–water partition coefficient (Wildman–Crippen LogP) is 8.14. The van der Waals surface area contributed by atoms with Crippen LogP contribution in [0.3, 0.4) is 0 Å². The Morgan fingerprint density at radius 1 is 0.632 bits per heavy atom. The second kappa shape index (κ2) is 29.1. The summed E-state index contributed by atoms with van der Waals surface area (Å²) in [7, 11) is 0. The number of nitrogens with one attached hydrogen (secondary N) is 1. The van der Waals surface area contributed by atoms with Crippen molar-refractivity contribution in [3.05, 3.63) is 12.2 Å². The quantitative estimate of drug-likeness (QED) is 0.0570. The summed E-state index contributed by atoms with van der Waals surface area (Å²) < 4.78 is 0. The average molecular weight is 540 g/mol. The fraction of sp³-hybridized carbons (Fsp3) is 0.909. The van der Waals surface area contributed by atoms with Crippen molar-refractivity contribution in [3.63, 3.8) is 0 Å². The zero-order chi connectivity index (χ0) is 28.1. The lowest BCUT2D eigenvalue weighted by molar-refractivity contribution is -0.124. The molecular weight excluding hydrogens is 474 g/mol. The number of amides is 1. The number of hydrogen-bond donors (Lipinski definition) is 4. The van der Waals surface area contributed by atoms with E-state index in [9.17, 15) is 20.1 Å². The number of aliphatic hydroxyl groups is 3. The standard InChI is InChI=1S/C33H65NO4/c1-3-5-7-9-11-13-14-15-16-17-18-20-21-23-25-27-31(36)33(38)30(29-35)34-32(37)28-26-24-22-19-12-10-8-6-4-2/h20-21,30-31,33,35-36,38H,3-19,22-29H2,1-2H3,(H,34,37)/b21-20+. The van der Waals surface area contributed by atoms with E-state index in [0.29, 0.717) is 12.8 Å². The molecule has 226 valence electrons. The van der Waals surface area contributed by atoms with Crippen molar-refractivity contribution in [2.45, 2.75) is 186 Å². The molecule has 0 saturated carbocycles. The van der Waals surface area contributed by atoms with Crippen molar-refractivity contribution in [2.24, 2.45) is 0 Å². The SMILES string of the molecule is CCCCCCCCCCCC/C=C/CCCC(O)C(O)C(CO)NC(=O)CCCCCCCCCCC. The fourth-order valence-electron chi connectivity index (χ4n) is 4.98. The van der Waals surface area contributed by atoms with Gasteiger partial charge >= 0.3 is 0 Å². The molecule has 0 fully saturated rings. The molecule has 5 nitrogen and oxygen atoms in total. The van der Waals surface area contributed by atoms with E-state index in [1.807, 2.05) is 0 Å². The predicted molar refractivity (Wildman–Crippen MR) is 162 cm³/mol. The summed E-state index contributed by atoms with van der Waals surface area (Å²) in [5, 5.41) is 33.1. The van der Waals surface area contributed by atoms with E-state index in [0.717, 1.165) is 38.5 Å². The molecular formula is C33H65NO4. The lowest BCUT2D eigenvalue weighted by Crippen LogP contribution is -2.50. The van der Waals surface area contributed by atoms with Crippen LogP contribution in [-0.4, -0.2) is 46.1 Å². The topological polar surface area (TPSA) is 89.8 Å². The molecule has 0 aromatic heterocycles. The highest BCUT2D eigenvalue weighted by Crippen LogP contribution is 2.14. The Hall–Kier alpha value is -0.910. The molecule has 5 heteroatoms. The van der Waals surface area contributed by atoms with Gasteiger partial charge in [-0.2, -0.15) is 0 Å². The molecule has 0 bridgehead atoms. The molecule has 0 saturated heterocycles. The minimum absolute atomic E-state index is 0.159. The maximum absolute atomic E-state index is 12.2. The second-order valence-corrected chi connectivity index (χ2v) is 11.4. The van der Waals surface area contributed by atoms with Crippen LogP contribution in [0.25, 0.3) is 0 Å². The van der Waals surface area contributed by atoms with Crippen molar-refractivity contribution in [2.75, 3.05) is 6.61 Å². The molecule has 4 N–H and O–H groups in total. The molecule has 0 rings (SSSR count). The highest BCUT2D eigenvalue weighted by molar-refractivity contribution is 5.76. The molecule has 0 aromatic rings. The van der Waals surface area contributed by atoms with Gasteiger partial charge in [0.2, 0.25) is 5.91 Å². The van der Waals surface area contributed by atoms with E-state index >= 15 is 0 Å². The van der Waals surface area contributed by atoms with Crippen LogP contribution in [-0.2, 0) is 4.79 Å². The van der Waals surface area contributed by atoms with Gasteiger partial charge in [-0.15, -0.1) is 0 Å². The zero-order valence-electron chi connectivity index (χ0n) is 25.3. The minimum Gasteiger partial charge on any atom is -0.394 e. The fourth-order valence-corrected chi connectivity index (χ4v) is 4.98. The first kappa shape index (κ1) is 37.1. The molecule has 0 heterocycles. The molecule has 0 aromatic carbocycles. The van der Waals surface area contributed by atoms with Crippen LogP contribution in [0, 0.1) is 0 Å². The van der Waals surface area contributed by atoms with Gasteiger partial charge in [0.1, 0.15) is 6.10 Å². The number of rotatable bonds is 29. The molecule has 1 amide bonds. The highest BCUT2D eigenvalue weighted by Gasteiger charge is 2.26. The van der Waals surface area contributed by atoms with Gasteiger partial charge in [0, 0.05) is 6.42 Å². The van der Waals surface area contributed by atoms with E-state index in [1.54, 1.807) is 0 Å².